The SMILES string of the molecule is N#CC(N)c1cccc(OCc2ccccc2)c1. The standard InChI is InChI=1S/C15H14N2O/c16-10-15(17)13-7-4-8-14(9-13)18-11-12-5-2-1-3-6-12/h1-9,15H,11,17H2. The second-order valence-corrected chi connectivity index (χ2v) is 3.95. The molecule has 0 amide bonds. The number of nitrogens with two attached hydrogens (primary N) is 1. The Labute approximate surface area is 106 Å². The van der Waals surface area contributed by atoms with Crippen LogP contribution in [0, 0.1) is 11.3 Å². The zero-order chi connectivity index (χ0) is 12.8. The van der Waals surface area contributed by atoms with Crippen LogP contribution in [0.2, 0.25) is 0 Å². The van der Waals surface area contributed by atoms with Crippen molar-refractivity contribution in [3.63, 3.8) is 0 Å². The molecule has 0 spiro atoms. The summed E-state index contributed by atoms with van der Waals surface area (Å²) in [6.45, 7) is 0.506. The van der Waals surface area contributed by atoms with E-state index in [1.54, 1.807) is 6.07 Å². The van der Waals surface area contributed by atoms with Crippen molar-refractivity contribution in [1.29, 1.82) is 5.26 Å². The molecule has 0 heterocycles. The quantitative estimate of drug-likeness (QED) is 0.891. The Bertz CT molecular complexity index is 546. The first kappa shape index (κ1) is 12.2. The molecule has 2 aromatic rings. The summed E-state index contributed by atoms with van der Waals surface area (Å²) in [6.07, 6.45) is 0. The molecule has 3 nitrogen and oxygen atoms in total. The molecule has 2 rings (SSSR count). The minimum Gasteiger partial charge on any atom is -0.489 e. The van der Waals surface area contributed by atoms with Crippen molar-refractivity contribution in [1.82, 2.24) is 0 Å². The predicted octanol–water partition coefficient (Wildman–Crippen LogP) is 2.79. The summed E-state index contributed by atoms with van der Waals surface area (Å²) >= 11 is 0. The third-order valence-corrected chi connectivity index (χ3v) is 2.60. The highest BCUT2D eigenvalue weighted by Crippen LogP contribution is 2.18. The van der Waals surface area contributed by atoms with E-state index in [1.807, 2.05) is 54.6 Å². The first-order valence-electron chi connectivity index (χ1n) is 5.71. The van der Waals surface area contributed by atoms with Crippen molar-refractivity contribution in [3.8, 4) is 11.8 Å². The van der Waals surface area contributed by atoms with E-state index in [0.717, 1.165) is 16.9 Å². The normalized spacial score (nSPS) is 11.6. The van der Waals surface area contributed by atoms with Crippen LogP contribution in [-0.2, 0) is 6.61 Å². The lowest BCUT2D eigenvalue weighted by molar-refractivity contribution is 0.306. The van der Waals surface area contributed by atoms with Crippen LogP contribution in [0.25, 0.3) is 0 Å². The molecule has 2 aromatic carbocycles. The van der Waals surface area contributed by atoms with E-state index < -0.39 is 6.04 Å². The molecular formula is C15H14N2O. The van der Waals surface area contributed by atoms with Crippen LogP contribution < -0.4 is 10.5 Å². The lowest BCUT2D eigenvalue weighted by atomic mass is 10.1. The molecular weight excluding hydrogens is 224 g/mol. The molecule has 2 N–H and O–H groups in total. The maximum absolute atomic E-state index is 8.77. The van der Waals surface area contributed by atoms with Crippen molar-refractivity contribution in [2.75, 3.05) is 0 Å². The highest BCUT2D eigenvalue weighted by atomic mass is 16.5. The zero-order valence-electron chi connectivity index (χ0n) is 9.91. The van der Waals surface area contributed by atoms with E-state index in [2.05, 4.69) is 0 Å². The predicted molar refractivity (Wildman–Crippen MR) is 69.8 cm³/mol. The minimum absolute atomic E-state index is 0.506. The van der Waals surface area contributed by atoms with Crippen LogP contribution in [0.1, 0.15) is 17.2 Å². The van der Waals surface area contributed by atoms with Gasteiger partial charge in [-0.05, 0) is 23.3 Å². The average molecular weight is 238 g/mol. The van der Waals surface area contributed by atoms with E-state index in [4.69, 9.17) is 15.7 Å². The van der Waals surface area contributed by atoms with Gasteiger partial charge in [-0.3, -0.25) is 0 Å². The van der Waals surface area contributed by atoms with Gasteiger partial charge in [-0.25, -0.2) is 0 Å². The van der Waals surface area contributed by atoms with Gasteiger partial charge < -0.3 is 10.5 Å². The summed E-state index contributed by atoms with van der Waals surface area (Å²) in [5, 5.41) is 8.77. The van der Waals surface area contributed by atoms with Gasteiger partial charge in [0.15, 0.2) is 0 Å². The molecule has 0 fully saturated rings. The van der Waals surface area contributed by atoms with E-state index in [0.29, 0.717) is 6.61 Å². The summed E-state index contributed by atoms with van der Waals surface area (Å²) < 4.78 is 5.66. The number of nitriles is 1. The van der Waals surface area contributed by atoms with E-state index in [-0.39, 0.29) is 0 Å². The lowest BCUT2D eigenvalue weighted by Gasteiger charge is -2.09. The zero-order valence-corrected chi connectivity index (χ0v) is 9.91. The van der Waals surface area contributed by atoms with E-state index in [1.165, 1.54) is 0 Å². The number of rotatable bonds is 4. The number of ether oxygens (including phenoxy) is 1. The van der Waals surface area contributed by atoms with Crippen molar-refractivity contribution in [2.24, 2.45) is 5.73 Å². The molecule has 18 heavy (non-hydrogen) atoms. The molecule has 90 valence electrons. The van der Waals surface area contributed by atoms with Crippen molar-refractivity contribution in [2.45, 2.75) is 12.6 Å². The Morgan fingerprint density at radius 1 is 1.11 bits per heavy atom. The topological polar surface area (TPSA) is 59.0 Å². The van der Waals surface area contributed by atoms with Crippen LogP contribution in [0.3, 0.4) is 0 Å². The largest absolute Gasteiger partial charge is 0.489 e. The van der Waals surface area contributed by atoms with Gasteiger partial charge in [0.2, 0.25) is 0 Å². The second-order valence-electron chi connectivity index (χ2n) is 3.95. The van der Waals surface area contributed by atoms with Crippen molar-refractivity contribution < 1.29 is 4.74 Å². The van der Waals surface area contributed by atoms with Crippen LogP contribution in [-0.4, -0.2) is 0 Å². The first-order valence-corrected chi connectivity index (χ1v) is 5.71. The van der Waals surface area contributed by atoms with Gasteiger partial charge in [-0.15, -0.1) is 0 Å². The molecule has 0 saturated carbocycles. The Morgan fingerprint density at radius 3 is 2.61 bits per heavy atom. The van der Waals surface area contributed by atoms with Crippen LogP contribution in [0.4, 0.5) is 0 Å². The van der Waals surface area contributed by atoms with Gasteiger partial charge in [0.1, 0.15) is 18.4 Å². The van der Waals surface area contributed by atoms with Gasteiger partial charge >= 0.3 is 0 Å². The first-order chi connectivity index (χ1) is 8.79. The van der Waals surface area contributed by atoms with Crippen molar-refractivity contribution in [3.05, 3.63) is 65.7 Å². The molecule has 0 aliphatic rings. The van der Waals surface area contributed by atoms with Gasteiger partial charge in [-0.1, -0.05) is 42.5 Å². The summed E-state index contributed by atoms with van der Waals surface area (Å²) in [5.74, 6) is 0.724. The summed E-state index contributed by atoms with van der Waals surface area (Å²) in [5.41, 5.74) is 7.52. The number of benzene rings is 2. The molecule has 0 aliphatic heterocycles. The molecule has 0 radical (unpaired) electrons. The third-order valence-electron chi connectivity index (χ3n) is 2.60. The lowest BCUT2D eigenvalue weighted by Crippen LogP contribution is -2.07. The monoisotopic (exact) mass is 238 g/mol. The van der Waals surface area contributed by atoms with Gasteiger partial charge in [0.25, 0.3) is 0 Å². The van der Waals surface area contributed by atoms with Crippen LogP contribution in [0.15, 0.2) is 54.6 Å². The summed E-state index contributed by atoms with van der Waals surface area (Å²) in [6, 6.07) is 18.6. The fourth-order valence-electron chi connectivity index (χ4n) is 1.61. The summed E-state index contributed by atoms with van der Waals surface area (Å²) in [7, 11) is 0. The smallest absolute Gasteiger partial charge is 0.120 e. The Hall–Kier alpha value is -2.31. The molecule has 3 heteroatoms. The molecule has 1 unspecified atom stereocenters. The number of hydrogen-bond acceptors (Lipinski definition) is 3. The maximum Gasteiger partial charge on any atom is 0.120 e. The van der Waals surface area contributed by atoms with E-state index >= 15 is 0 Å². The highest BCUT2D eigenvalue weighted by Gasteiger charge is 2.05. The maximum atomic E-state index is 8.77. The van der Waals surface area contributed by atoms with Gasteiger partial charge in [0, 0.05) is 0 Å². The minimum atomic E-state index is -0.606. The second kappa shape index (κ2) is 5.85. The average Bonchev–Trinajstić information content (AvgIpc) is 2.45. The molecule has 1 atom stereocenters. The molecule has 0 bridgehead atoms. The molecule has 0 saturated heterocycles. The molecule has 0 aliphatic carbocycles. The van der Waals surface area contributed by atoms with Gasteiger partial charge in [-0.2, -0.15) is 5.26 Å². The fourth-order valence-corrected chi connectivity index (χ4v) is 1.61. The number of nitrogens with zero attached hydrogens (tertiary/aromatic N) is 1. The Balaban J connectivity index is 2.04. The van der Waals surface area contributed by atoms with Crippen LogP contribution >= 0.6 is 0 Å². The van der Waals surface area contributed by atoms with Gasteiger partial charge in [0.05, 0.1) is 6.07 Å². The Morgan fingerprint density at radius 2 is 1.89 bits per heavy atom. The number of hydrogen-bond donors (Lipinski definition) is 1. The van der Waals surface area contributed by atoms with E-state index in [9.17, 15) is 0 Å². The summed E-state index contributed by atoms with van der Waals surface area (Å²) in [4.78, 5) is 0. The highest BCUT2D eigenvalue weighted by molar-refractivity contribution is 5.33. The Kier molecular flexibility index (Phi) is 3.95. The van der Waals surface area contributed by atoms with Crippen LogP contribution in [0.5, 0.6) is 5.75 Å². The van der Waals surface area contributed by atoms with Crippen molar-refractivity contribution >= 4 is 0 Å². The molecule has 0 aromatic heterocycles. The fraction of sp³-hybridized carbons (Fsp3) is 0.133. The third kappa shape index (κ3) is 3.09.